The van der Waals surface area contributed by atoms with Crippen molar-refractivity contribution in [3.63, 3.8) is 0 Å². The molecule has 3 aliphatic rings. The number of carbonyl (C=O) groups excluding carboxylic acids is 3. The smallest absolute Gasteiger partial charge is 0.313 e. The second-order valence-corrected chi connectivity index (χ2v) is 8.53. The van der Waals surface area contributed by atoms with Gasteiger partial charge < -0.3 is 25.4 Å². The van der Waals surface area contributed by atoms with Crippen molar-refractivity contribution in [2.24, 2.45) is 0 Å². The Morgan fingerprint density at radius 1 is 1.19 bits per heavy atom. The number of aryl methyl sites for hydroxylation is 1. The van der Waals surface area contributed by atoms with Gasteiger partial charge in [-0.25, -0.2) is 0 Å². The molecule has 3 aliphatic heterocycles. The van der Waals surface area contributed by atoms with E-state index in [9.17, 15) is 19.5 Å². The summed E-state index contributed by atoms with van der Waals surface area (Å²) in [7, 11) is 0. The quantitative estimate of drug-likeness (QED) is 0.635. The van der Waals surface area contributed by atoms with Crippen molar-refractivity contribution in [3.05, 3.63) is 52.6 Å². The molecule has 8 nitrogen and oxygen atoms in total. The van der Waals surface area contributed by atoms with E-state index in [-0.39, 0.29) is 18.4 Å². The highest BCUT2D eigenvalue weighted by atomic mass is 16.5. The molecule has 32 heavy (non-hydrogen) atoms. The lowest BCUT2D eigenvalue weighted by Gasteiger charge is -2.26. The summed E-state index contributed by atoms with van der Waals surface area (Å²) >= 11 is 0. The SMILES string of the molecule is CC1C(=O)N2CCCc3cc(NC(=O)C(=O)NCC(O)c4ccc5c(c4)CCO5)cc1c32. The van der Waals surface area contributed by atoms with Crippen LogP contribution in [0.2, 0.25) is 0 Å². The van der Waals surface area contributed by atoms with Gasteiger partial charge in [0.15, 0.2) is 0 Å². The van der Waals surface area contributed by atoms with E-state index in [1.807, 2.05) is 30.0 Å². The normalized spacial score (nSPS) is 19.1. The lowest BCUT2D eigenvalue weighted by molar-refractivity contribution is -0.136. The number of aliphatic hydroxyl groups is 1. The molecule has 8 heteroatoms. The third-order valence-corrected chi connectivity index (χ3v) is 6.44. The van der Waals surface area contributed by atoms with Crippen LogP contribution in [0.3, 0.4) is 0 Å². The van der Waals surface area contributed by atoms with Crippen LogP contribution in [0.5, 0.6) is 5.75 Å². The van der Waals surface area contributed by atoms with E-state index in [4.69, 9.17) is 4.74 Å². The highest BCUT2D eigenvalue weighted by molar-refractivity contribution is 6.39. The van der Waals surface area contributed by atoms with Crippen LogP contribution in [0.15, 0.2) is 30.3 Å². The number of anilines is 2. The maximum absolute atomic E-state index is 12.5. The van der Waals surface area contributed by atoms with Crippen molar-refractivity contribution in [3.8, 4) is 5.75 Å². The minimum absolute atomic E-state index is 0.0780. The molecule has 2 aromatic carbocycles. The van der Waals surface area contributed by atoms with E-state index in [1.165, 1.54) is 0 Å². The number of hydrogen-bond donors (Lipinski definition) is 3. The van der Waals surface area contributed by atoms with Gasteiger partial charge in [0.1, 0.15) is 5.75 Å². The van der Waals surface area contributed by atoms with E-state index >= 15 is 0 Å². The topological polar surface area (TPSA) is 108 Å². The molecular formula is C24H25N3O5. The molecule has 0 spiro atoms. The lowest BCUT2D eigenvalue weighted by atomic mass is 9.96. The van der Waals surface area contributed by atoms with Gasteiger partial charge in [-0.1, -0.05) is 6.07 Å². The fourth-order valence-electron chi connectivity index (χ4n) is 4.76. The molecule has 3 heterocycles. The fourth-order valence-corrected chi connectivity index (χ4v) is 4.76. The summed E-state index contributed by atoms with van der Waals surface area (Å²) in [6.45, 7) is 3.13. The second kappa shape index (κ2) is 7.94. The van der Waals surface area contributed by atoms with E-state index in [1.54, 1.807) is 12.1 Å². The van der Waals surface area contributed by atoms with Crippen molar-refractivity contribution in [1.82, 2.24) is 5.32 Å². The van der Waals surface area contributed by atoms with Crippen LogP contribution >= 0.6 is 0 Å². The summed E-state index contributed by atoms with van der Waals surface area (Å²) in [4.78, 5) is 39.1. The number of nitrogens with zero attached hydrogens (tertiary/aromatic N) is 1. The predicted molar refractivity (Wildman–Crippen MR) is 118 cm³/mol. The molecule has 0 bridgehead atoms. The minimum Gasteiger partial charge on any atom is -0.493 e. The van der Waals surface area contributed by atoms with Gasteiger partial charge in [0.05, 0.1) is 24.3 Å². The van der Waals surface area contributed by atoms with Gasteiger partial charge in [0, 0.05) is 25.2 Å². The first-order valence-corrected chi connectivity index (χ1v) is 10.9. The van der Waals surface area contributed by atoms with Crippen molar-refractivity contribution < 1.29 is 24.2 Å². The van der Waals surface area contributed by atoms with Crippen LogP contribution in [0.25, 0.3) is 0 Å². The number of amides is 3. The van der Waals surface area contributed by atoms with Gasteiger partial charge in [-0.15, -0.1) is 0 Å². The van der Waals surface area contributed by atoms with Gasteiger partial charge in [0.2, 0.25) is 5.91 Å². The molecule has 0 aromatic heterocycles. The average molecular weight is 435 g/mol. The number of rotatable bonds is 4. The molecule has 2 atom stereocenters. The van der Waals surface area contributed by atoms with Gasteiger partial charge in [-0.2, -0.15) is 0 Å². The first-order chi connectivity index (χ1) is 15.4. The number of carbonyl (C=O) groups is 3. The summed E-state index contributed by atoms with van der Waals surface area (Å²) < 4.78 is 5.46. The standard InChI is InChI=1S/C24H25N3O5/c1-13-18-11-17(10-16-3-2-7-27(21(16)18)24(13)31)26-23(30)22(29)25-12-19(28)14-4-5-20-15(9-14)6-8-32-20/h4-5,9-11,13,19,28H,2-3,6-8,12H2,1H3,(H,25,29)(H,26,30). The maximum atomic E-state index is 12.5. The van der Waals surface area contributed by atoms with Crippen LogP contribution in [0.1, 0.15) is 47.6 Å². The van der Waals surface area contributed by atoms with Crippen molar-refractivity contribution in [2.45, 2.75) is 38.2 Å². The van der Waals surface area contributed by atoms with E-state index in [0.717, 1.165) is 53.9 Å². The van der Waals surface area contributed by atoms with Crippen molar-refractivity contribution in [2.75, 3.05) is 29.9 Å². The zero-order chi connectivity index (χ0) is 22.4. The monoisotopic (exact) mass is 435 g/mol. The molecule has 5 rings (SSSR count). The number of hydrogen-bond acceptors (Lipinski definition) is 5. The highest BCUT2D eigenvalue weighted by Crippen LogP contribution is 2.44. The highest BCUT2D eigenvalue weighted by Gasteiger charge is 2.38. The molecule has 3 N–H and O–H groups in total. The summed E-state index contributed by atoms with van der Waals surface area (Å²) in [5, 5.41) is 15.5. The van der Waals surface area contributed by atoms with Crippen LogP contribution in [-0.4, -0.2) is 42.5 Å². The van der Waals surface area contributed by atoms with Crippen LogP contribution in [0, 0.1) is 0 Å². The van der Waals surface area contributed by atoms with E-state index < -0.39 is 17.9 Å². The third kappa shape index (κ3) is 3.50. The van der Waals surface area contributed by atoms with E-state index in [2.05, 4.69) is 10.6 Å². The molecule has 166 valence electrons. The average Bonchev–Trinajstić information content (AvgIpc) is 3.36. The fraction of sp³-hybridized carbons (Fsp3) is 0.375. The molecule has 3 amide bonds. The lowest BCUT2D eigenvalue weighted by Crippen LogP contribution is -2.37. The first kappa shape index (κ1) is 20.5. The Morgan fingerprint density at radius 3 is 2.88 bits per heavy atom. The molecule has 2 aromatic rings. The van der Waals surface area contributed by atoms with Gasteiger partial charge >= 0.3 is 11.8 Å². The molecule has 0 aliphatic carbocycles. The number of benzene rings is 2. The summed E-state index contributed by atoms with van der Waals surface area (Å²) in [5.74, 6) is -1.00. The van der Waals surface area contributed by atoms with Crippen molar-refractivity contribution in [1.29, 1.82) is 0 Å². The Bertz CT molecular complexity index is 1130. The number of nitrogens with one attached hydrogen (secondary N) is 2. The Labute approximate surface area is 185 Å². The van der Waals surface area contributed by atoms with Gasteiger partial charge in [-0.05, 0) is 66.3 Å². The largest absolute Gasteiger partial charge is 0.493 e. The zero-order valence-corrected chi connectivity index (χ0v) is 17.8. The Hall–Kier alpha value is -3.39. The number of aliphatic hydroxyl groups excluding tert-OH is 1. The summed E-state index contributed by atoms with van der Waals surface area (Å²) in [6, 6.07) is 9.04. The molecule has 0 fully saturated rings. The Morgan fingerprint density at radius 2 is 2.03 bits per heavy atom. The van der Waals surface area contributed by atoms with Gasteiger partial charge in [0.25, 0.3) is 0 Å². The molecule has 2 unspecified atom stereocenters. The Kier molecular flexibility index (Phi) is 5.09. The van der Waals surface area contributed by atoms with Crippen LogP contribution < -0.4 is 20.3 Å². The molecular weight excluding hydrogens is 410 g/mol. The predicted octanol–water partition coefficient (Wildman–Crippen LogP) is 1.81. The summed E-state index contributed by atoms with van der Waals surface area (Å²) in [5.41, 5.74) is 5.05. The first-order valence-electron chi connectivity index (χ1n) is 10.9. The molecule has 0 saturated heterocycles. The Balaban J connectivity index is 1.23. The van der Waals surface area contributed by atoms with Crippen molar-refractivity contribution >= 4 is 29.1 Å². The third-order valence-electron chi connectivity index (χ3n) is 6.44. The van der Waals surface area contributed by atoms with Gasteiger partial charge in [-0.3, -0.25) is 14.4 Å². The number of fused-ring (bicyclic) bond motifs is 1. The van der Waals surface area contributed by atoms with Crippen LogP contribution in [0.4, 0.5) is 11.4 Å². The van der Waals surface area contributed by atoms with E-state index in [0.29, 0.717) is 17.9 Å². The second-order valence-electron chi connectivity index (χ2n) is 8.53. The maximum Gasteiger partial charge on any atom is 0.313 e. The number of ether oxygens (including phenoxy) is 1. The zero-order valence-electron chi connectivity index (χ0n) is 17.8. The molecule has 0 saturated carbocycles. The molecule has 0 radical (unpaired) electrons. The minimum atomic E-state index is -0.931. The van der Waals surface area contributed by atoms with Crippen LogP contribution in [-0.2, 0) is 27.2 Å². The summed E-state index contributed by atoms with van der Waals surface area (Å²) in [6.07, 6.45) is 1.55.